The summed E-state index contributed by atoms with van der Waals surface area (Å²) in [4.78, 5) is 33.0. The van der Waals surface area contributed by atoms with Gasteiger partial charge in [-0.1, -0.05) is 42.9 Å². The second-order valence-corrected chi connectivity index (χ2v) is 13.2. The van der Waals surface area contributed by atoms with Crippen molar-refractivity contribution >= 4 is 55.2 Å². The minimum atomic E-state index is -0.754. The Balaban J connectivity index is 1.60. The van der Waals surface area contributed by atoms with Crippen LogP contribution in [-0.2, 0) is 16.1 Å². The number of halogens is 2. The van der Waals surface area contributed by atoms with E-state index in [9.17, 15) is 9.59 Å². The summed E-state index contributed by atoms with van der Waals surface area (Å²) in [5.74, 6) is 1.10. The van der Waals surface area contributed by atoms with Crippen molar-refractivity contribution in [2.45, 2.75) is 39.3 Å². The quantitative estimate of drug-likeness (QED) is 0.158. The molecule has 9 nitrogen and oxygen atoms in total. The number of rotatable bonds is 11. The summed E-state index contributed by atoms with van der Waals surface area (Å²) < 4.78 is 26.0. The predicted octanol–water partition coefficient (Wildman–Crippen LogP) is 6.57. The maximum atomic E-state index is 14.2. The number of fused-ring (bicyclic) bond motifs is 1. The zero-order valence-electron chi connectivity index (χ0n) is 26.1. The molecule has 0 radical (unpaired) electrons. The fourth-order valence-corrected chi connectivity index (χ4v) is 7.39. The first-order chi connectivity index (χ1) is 22.7. The number of esters is 1. The van der Waals surface area contributed by atoms with E-state index >= 15 is 0 Å². The Morgan fingerprint density at radius 3 is 2.43 bits per heavy atom. The molecule has 3 aromatic carbocycles. The third-order valence-corrected chi connectivity index (χ3v) is 9.59. The van der Waals surface area contributed by atoms with E-state index < -0.39 is 12.0 Å². The van der Waals surface area contributed by atoms with E-state index in [0.29, 0.717) is 69.9 Å². The topological polar surface area (TPSA) is 112 Å². The molecule has 1 aliphatic heterocycles. The lowest BCUT2D eigenvalue weighted by Crippen LogP contribution is -2.40. The van der Waals surface area contributed by atoms with Gasteiger partial charge in [0, 0.05) is 0 Å². The van der Waals surface area contributed by atoms with Gasteiger partial charge in [0.05, 0.1) is 63.2 Å². The molecule has 0 saturated carbocycles. The number of hydrogen-bond donors (Lipinski definition) is 0. The second-order valence-electron chi connectivity index (χ2n) is 10.4. The van der Waals surface area contributed by atoms with Crippen LogP contribution in [0, 0.1) is 11.3 Å². The van der Waals surface area contributed by atoms with Crippen LogP contribution in [0.5, 0.6) is 17.2 Å². The highest BCUT2D eigenvalue weighted by molar-refractivity contribution is 9.11. The molecule has 0 unspecified atom stereocenters. The first-order valence-electron chi connectivity index (χ1n) is 14.8. The van der Waals surface area contributed by atoms with Crippen LogP contribution in [0.2, 0.25) is 0 Å². The van der Waals surface area contributed by atoms with Crippen molar-refractivity contribution in [3.8, 4) is 23.3 Å². The fraction of sp³-hybridized carbons (Fsp3) is 0.257. The zero-order chi connectivity index (χ0) is 33.7. The highest BCUT2D eigenvalue weighted by Crippen LogP contribution is 2.38. The summed E-state index contributed by atoms with van der Waals surface area (Å²) in [7, 11) is 3.13. The molecule has 0 amide bonds. The fourth-order valence-electron chi connectivity index (χ4n) is 5.23. The molecule has 4 aromatic rings. The van der Waals surface area contributed by atoms with E-state index in [1.807, 2.05) is 37.3 Å². The molecule has 1 aromatic heterocycles. The van der Waals surface area contributed by atoms with Crippen LogP contribution < -0.4 is 29.1 Å². The van der Waals surface area contributed by atoms with Gasteiger partial charge < -0.3 is 18.9 Å². The molecule has 0 spiro atoms. The minimum Gasteiger partial charge on any atom is -0.496 e. The molecule has 2 heterocycles. The van der Waals surface area contributed by atoms with Crippen LogP contribution in [-0.4, -0.2) is 31.4 Å². The third kappa shape index (κ3) is 7.22. The highest BCUT2D eigenvalue weighted by atomic mass is 79.9. The smallest absolute Gasteiger partial charge is 0.338 e. The van der Waals surface area contributed by atoms with Crippen LogP contribution in [0.4, 0.5) is 0 Å². The van der Waals surface area contributed by atoms with Crippen molar-refractivity contribution in [3.05, 3.63) is 117 Å². The Kier molecular flexibility index (Phi) is 11.0. The Morgan fingerprint density at radius 1 is 1.04 bits per heavy atom. The van der Waals surface area contributed by atoms with E-state index in [1.54, 1.807) is 56.1 Å². The van der Waals surface area contributed by atoms with Crippen LogP contribution in [0.25, 0.3) is 6.08 Å². The van der Waals surface area contributed by atoms with Crippen molar-refractivity contribution in [2.24, 2.45) is 4.99 Å². The lowest BCUT2D eigenvalue weighted by molar-refractivity contribution is -0.139. The molecule has 1 aliphatic rings. The van der Waals surface area contributed by atoms with Crippen LogP contribution in [0.1, 0.15) is 55.0 Å². The Hall–Kier alpha value is -4.18. The summed E-state index contributed by atoms with van der Waals surface area (Å²) in [5.41, 5.74) is 3.54. The van der Waals surface area contributed by atoms with Crippen molar-refractivity contribution < 1.29 is 23.7 Å². The van der Waals surface area contributed by atoms with E-state index in [-0.39, 0.29) is 18.8 Å². The van der Waals surface area contributed by atoms with Gasteiger partial charge >= 0.3 is 5.97 Å². The van der Waals surface area contributed by atoms with Crippen molar-refractivity contribution in [1.29, 1.82) is 5.26 Å². The molecule has 1 atom stereocenters. The molecular weight excluding hydrogens is 750 g/mol. The Bertz CT molecular complexity index is 2080. The van der Waals surface area contributed by atoms with Crippen LogP contribution in [0.15, 0.2) is 84.6 Å². The molecule has 0 bridgehead atoms. The largest absolute Gasteiger partial charge is 0.496 e. The lowest BCUT2D eigenvalue weighted by Gasteiger charge is -2.26. The number of aromatic nitrogens is 1. The number of thiazole rings is 1. The molecule has 0 fully saturated rings. The van der Waals surface area contributed by atoms with Crippen LogP contribution in [0.3, 0.4) is 0 Å². The number of carbonyl (C=O) groups is 1. The number of nitriles is 1. The van der Waals surface area contributed by atoms with Gasteiger partial charge in [0.25, 0.3) is 5.56 Å². The minimum absolute atomic E-state index is 0.190. The predicted molar refractivity (Wildman–Crippen MR) is 187 cm³/mol. The molecular formula is C35H31Br2N3O6S. The number of benzene rings is 3. The summed E-state index contributed by atoms with van der Waals surface area (Å²) in [6.07, 6.45) is 3.07. The van der Waals surface area contributed by atoms with E-state index in [4.69, 9.17) is 29.2 Å². The number of ether oxygens (including phenoxy) is 4. The van der Waals surface area contributed by atoms with E-state index in [1.165, 1.54) is 11.3 Å². The van der Waals surface area contributed by atoms with Gasteiger partial charge in [-0.3, -0.25) is 9.36 Å². The first kappa shape index (κ1) is 34.2. The van der Waals surface area contributed by atoms with Gasteiger partial charge in [0.1, 0.15) is 12.4 Å². The summed E-state index contributed by atoms with van der Waals surface area (Å²) >= 11 is 8.42. The summed E-state index contributed by atoms with van der Waals surface area (Å²) in [5, 5.41) is 9.06. The van der Waals surface area contributed by atoms with Gasteiger partial charge in [0.15, 0.2) is 16.3 Å². The summed E-state index contributed by atoms with van der Waals surface area (Å²) in [6, 6.07) is 17.6. The van der Waals surface area contributed by atoms with E-state index in [2.05, 4.69) is 37.9 Å². The van der Waals surface area contributed by atoms with Gasteiger partial charge in [-0.05, 0) is 104 Å². The summed E-state index contributed by atoms with van der Waals surface area (Å²) in [6.45, 7) is 4.22. The highest BCUT2D eigenvalue weighted by Gasteiger charge is 2.34. The van der Waals surface area contributed by atoms with E-state index in [0.717, 1.165) is 12.0 Å². The van der Waals surface area contributed by atoms with Gasteiger partial charge in [-0.15, -0.1) is 0 Å². The second kappa shape index (κ2) is 15.2. The first-order valence-corrected chi connectivity index (χ1v) is 17.2. The Morgan fingerprint density at radius 2 is 1.79 bits per heavy atom. The van der Waals surface area contributed by atoms with Crippen molar-refractivity contribution in [1.82, 2.24) is 4.57 Å². The lowest BCUT2D eigenvalue weighted by atomic mass is 9.94. The van der Waals surface area contributed by atoms with Crippen molar-refractivity contribution in [2.75, 3.05) is 20.8 Å². The number of carbonyl (C=O) groups excluding carboxylic acids is 1. The number of nitrogens with zero attached hydrogens (tertiary/aromatic N) is 3. The van der Waals surface area contributed by atoms with Crippen LogP contribution >= 0.6 is 43.2 Å². The monoisotopic (exact) mass is 779 g/mol. The molecule has 0 saturated heterocycles. The van der Waals surface area contributed by atoms with Gasteiger partial charge in [-0.25, -0.2) is 9.79 Å². The van der Waals surface area contributed by atoms with Gasteiger partial charge in [-0.2, -0.15) is 5.26 Å². The number of methoxy groups -OCH3 is 2. The zero-order valence-corrected chi connectivity index (χ0v) is 30.1. The maximum absolute atomic E-state index is 14.2. The third-order valence-electron chi connectivity index (χ3n) is 7.40. The number of allylic oxidation sites excluding steroid dienone is 1. The molecule has 0 N–H and O–H groups in total. The molecule has 47 heavy (non-hydrogen) atoms. The standard InChI is InChI=1S/C35H31Br2N3O6S/c1-5-7-26-30(34(42)45-6-2)31(23-12-13-27(43-3)24(36)17-23)40-33(41)29(47-35(40)39-26)16-22-14-25(37)32(28(15-22)44-4)46-19-21-10-8-20(18-38)9-11-21/h8-17,31H,5-7,19H2,1-4H3/b29-16+/t31-/m0/s1. The molecule has 0 aliphatic carbocycles. The van der Waals surface area contributed by atoms with Gasteiger partial charge in [0.2, 0.25) is 0 Å². The van der Waals surface area contributed by atoms with Crippen molar-refractivity contribution in [3.63, 3.8) is 0 Å². The normalized spacial score (nSPS) is 14.2. The number of hydrogen-bond acceptors (Lipinski definition) is 9. The Labute approximate surface area is 292 Å². The maximum Gasteiger partial charge on any atom is 0.338 e. The molecule has 12 heteroatoms. The molecule has 5 rings (SSSR count). The SMILES string of the molecule is CCCC1=C(C(=O)OCC)[C@H](c2ccc(OC)c(Br)c2)n2c(s/c(=C/c3cc(Br)c(OCc4ccc(C#N)cc4)c(OC)c3)c2=O)=N1. The molecule has 242 valence electrons. The average Bonchev–Trinajstić information content (AvgIpc) is 3.37. The average molecular weight is 782 g/mol.